The standard InChI is InChI=1S/C8H12N2.C2H6/c9-5-7-2-1-3-8(4-7)6-10;1-2/h1-4H,5-6,9-10H2;1-2H3. The molecule has 12 heavy (non-hydrogen) atoms. The Kier molecular flexibility index (Phi) is 6.34. The molecule has 0 fully saturated rings. The molecule has 1 rings (SSSR count). The van der Waals surface area contributed by atoms with Gasteiger partial charge in [-0.1, -0.05) is 38.1 Å². The van der Waals surface area contributed by atoms with Gasteiger partial charge >= 0.3 is 0 Å². The first-order valence-corrected chi connectivity index (χ1v) is 4.34. The zero-order chi connectivity index (χ0) is 9.40. The molecule has 2 nitrogen and oxygen atoms in total. The van der Waals surface area contributed by atoms with Crippen LogP contribution >= 0.6 is 0 Å². The van der Waals surface area contributed by atoms with Gasteiger partial charge in [0.15, 0.2) is 0 Å². The van der Waals surface area contributed by atoms with Crippen LogP contribution < -0.4 is 11.5 Å². The van der Waals surface area contributed by atoms with Crippen molar-refractivity contribution in [1.29, 1.82) is 0 Å². The summed E-state index contributed by atoms with van der Waals surface area (Å²) in [6.07, 6.45) is 0. The van der Waals surface area contributed by atoms with Crippen molar-refractivity contribution in [3.63, 3.8) is 0 Å². The average Bonchev–Trinajstić information content (AvgIpc) is 2.21. The largest absolute Gasteiger partial charge is 0.326 e. The van der Waals surface area contributed by atoms with Crippen molar-refractivity contribution >= 4 is 0 Å². The predicted octanol–water partition coefficient (Wildman–Crippen LogP) is 1.63. The van der Waals surface area contributed by atoms with Crippen LogP contribution in [0.2, 0.25) is 0 Å². The van der Waals surface area contributed by atoms with E-state index in [0.29, 0.717) is 13.1 Å². The third-order valence-electron chi connectivity index (χ3n) is 1.46. The Morgan fingerprint density at radius 2 is 1.42 bits per heavy atom. The fraction of sp³-hybridized carbons (Fsp3) is 0.400. The summed E-state index contributed by atoms with van der Waals surface area (Å²) < 4.78 is 0. The van der Waals surface area contributed by atoms with Gasteiger partial charge in [-0.25, -0.2) is 0 Å². The quantitative estimate of drug-likeness (QED) is 0.701. The van der Waals surface area contributed by atoms with Gasteiger partial charge in [0.2, 0.25) is 0 Å². The van der Waals surface area contributed by atoms with Crippen LogP contribution in [0.1, 0.15) is 25.0 Å². The van der Waals surface area contributed by atoms with E-state index in [2.05, 4.69) is 0 Å². The van der Waals surface area contributed by atoms with Gasteiger partial charge in [0.05, 0.1) is 0 Å². The highest BCUT2D eigenvalue weighted by atomic mass is 14.5. The highest BCUT2D eigenvalue weighted by molar-refractivity contribution is 5.22. The summed E-state index contributed by atoms with van der Waals surface area (Å²) in [5.41, 5.74) is 13.1. The highest BCUT2D eigenvalue weighted by Crippen LogP contribution is 2.02. The Morgan fingerprint density at radius 3 is 1.75 bits per heavy atom. The summed E-state index contributed by atoms with van der Waals surface area (Å²) >= 11 is 0. The lowest BCUT2D eigenvalue weighted by Crippen LogP contribution is -2.00. The topological polar surface area (TPSA) is 52.0 Å². The summed E-state index contributed by atoms with van der Waals surface area (Å²) in [7, 11) is 0. The minimum atomic E-state index is 0.591. The van der Waals surface area contributed by atoms with Crippen LogP contribution in [0.5, 0.6) is 0 Å². The monoisotopic (exact) mass is 166 g/mol. The molecule has 0 heterocycles. The van der Waals surface area contributed by atoms with E-state index < -0.39 is 0 Å². The van der Waals surface area contributed by atoms with E-state index in [0.717, 1.165) is 11.1 Å². The minimum Gasteiger partial charge on any atom is -0.326 e. The molecule has 0 saturated carbocycles. The molecule has 4 N–H and O–H groups in total. The molecule has 0 unspecified atom stereocenters. The minimum absolute atomic E-state index is 0.591. The zero-order valence-corrected chi connectivity index (χ0v) is 7.88. The van der Waals surface area contributed by atoms with Crippen LogP contribution in [0.25, 0.3) is 0 Å². The second-order valence-corrected chi connectivity index (χ2v) is 2.23. The highest BCUT2D eigenvalue weighted by Gasteiger charge is 1.89. The number of benzene rings is 1. The average molecular weight is 166 g/mol. The van der Waals surface area contributed by atoms with Gasteiger partial charge in [-0.15, -0.1) is 0 Å². The van der Waals surface area contributed by atoms with Crippen molar-refractivity contribution in [2.24, 2.45) is 11.5 Å². The number of nitrogens with two attached hydrogens (primary N) is 2. The smallest absolute Gasteiger partial charge is 0.0178 e. The fourth-order valence-electron chi connectivity index (χ4n) is 0.884. The maximum absolute atomic E-state index is 5.43. The number of hydrogen-bond acceptors (Lipinski definition) is 2. The molecule has 0 aliphatic rings. The molecule has 0 spiro atoms. The third kappa shape index (κ3) is 3.51. The summed E-state index contributed by atoms with van der Waals surface area (Å²) in [4.78, 5) is 0. The molecule has 1 aromatic rings. The van der Waals surface area contributed by atoms with E-state index in [1.165, 1.54) is 0 Å². The predicted molar refractivity (Wildman–Crippen MR) is 53.6 cm³/mol. The van der Waals surface area contributed by atoms with E-state index >= 15 is 0 Å². The van der Waals surface area contributed by atoms with Gasteiger partial charge in [-0.05, 0) is 11.1 Å². The number of rotatable bonds is 2. The van der Waals surface area contributed by atoms with Crippen LogP contribution in [0.3, 0.4) is 0 Å². The lowest BCUT2D eigenvalue weighted by atomic mass is 10.1. The Bertz CT molecular complexity index is 189. The van der Waals surface area contributed by atoms with E-state index in [1.54, 1.807) is 0 Å². The maximum atomic E-state index is 5.43. The molecule has 0 amide bonds. The number of hydrogen-bond donors (Lipinski definition) is 2. The van der Waals surface area contributed by atoms with Gasteiger partial charge in [0.1, 0.15) is 0 Å². The summed E-state index contributed by atoms with van der Waals surface area (Å²) in [5, 5.41) is 0. The van der Waals surface area contributed by atoms with Crippen molar-refractivity contribution in [3.05, 3.63) is 35.4 Å². The van der Waals surface area contributed by atoms with Crippen LogP contribution in [0.4, 0.5) is 0 Å². The zero-order valence-electron chi connectivity index (χ0n) is 7.88. The Hall–Kier alpha value is -0.860. The molecular formula is C10H18N2. The van der Waals surface area contributed by atoms with Gasteiger partial charge in [-0.3, -0.25) is 0 Å². The molecule has 1 aromatic carbocycles. The molecule has 0 aromatic heterocycles. The van der Waals surface area contributed by atoms with Crippen molar-refractivity contribution < 1.29 is 0 Å². The molecule has 0 bridgehead atoms. The molecule has 0 atom stereocenters. The molecule has 68 valence electrons. The summed E-state index contributed by atoms with van der Waals surface area (Å²) in [5.74, 6) is 0. The van der Waals surface area contributed by atoms with Gasteiger partial charge < -0.3 is 11.5 Å². The molecular weight excluding hydrogens is 148 g/mol. The fourth-order valence-corrected chi connectivity index (χ4v) is 0.884. The van der Waals surface area contributed by atoms with Gasteiger partial charge in [0.25, 0.3) is 0 Å². The maximum Gasteiger partial charge on any atom is 0.0178 e. The van der Waals surface area contributed by atoms with E-state index in [9.17, 15) is 0 Å². The Morgan fingerprint density at radius 1 is 1.00 bits per heavy atom. The first kappa shape index (κ1) is 11.1. The first-order chi connectivity index (χ1) is 5.86. The van der Waals surface area contributed by atoms with Crippen molar-refractivity contribution in [2.45, 2.75) is 26.9 Å². The molecule has 0 aliphatic carbocycles. The summed E-state index contributed by atoms with van der Waals surface area (Å²) in [6, 6.07) is 8.00. The van der Waals surface area contributed by atoms with Gasteiger partial charge in [-0.2, -0.15) is 0 Å². The van der Waals surface area contributed by atoms with Crippen molar-refractivity contribution in [2.75, 3.05) is 0 Å². The van der Waals surface area contributed by atoms with Gasteiger partial charge in [0, 0.05) is 13.1 Å². The van der Waals surface area contributed by atoms with E-state index in [1.807, 2.05) is 38.1 Å². The van der Waals surface area contributed by atoms with Crippen LogP contribution in [-0.4, -0.2) is 0 Å². The first-order valence-electron chi connectivity index (χ1n) is 4.34. The molecule has 0 saturated heterocycles. The van der Waals surface area contributed by atoms with Crippen LogP contribution in [0.15, 0.2) is 24.3 Å². The van der Waals surface area contributed by atoms with E-state index in [4.69, 9.17) is 11.5 Å². The summed E-state index contributed by atoms with van der Waals surface area (Å²) in [6.45, 7) is 5.18. The van der Waals surface area contributed by atoms with E-state index in [-0.39, 0.29) is 0 Å². The lowest BCUT2D eigenvalue weighted by molar-refractivity contribution is 1.03. The third-order valence-corrected chi connectivity index (χ3v) is 1.46. The Balaban J connectivity index is 0.000000561. The van der Waals surface area contributed by atoms with Crippen LogP contribution in [0, 0.1) is 0 Å². The van der Waals surface area contributed by atoms with Crippen molar-refractivity contribution in [1.82, 2.24) is 0 Å². The second kappa shape index (κ2) is 6.83. The normalized spacial score (nSPS) is 8.67. The molecule has 0 aliphatic heterocycles. The second-order valence-electron chi connectivity index (χ2n) is 2.23. The van der Waals surface area contributed by atoms with Crippen molar-refractivity contribution in [3.8, 4) is 0 Å². The van der Waals surface area contributed by atoms with Crippen LogP contribution in [-0.2, 0) is 13.1 Å². The molecule has 0 radical (unpaired) electrons. The molecule has 2 heteroatoms. The SMILES string of the molecule is CC.NCc1cccc(CN)c1. The lowest BCUT2D eigenvalue weighted by Gasteiger charge is -1.98. The Labute approximate surface area is 74.6 Å².